The van der Waals surface area contributed by atoms with Gasteiger partial charge in [-0.05, 0) is 12.1 Å². The average molecular weight is 349 g/mol. The van der Waals surface area contributed by atoms with Gasteiger partial charge in [0, 0.05) is 11.6 Å². The topological polar surface area (TPSA) is 35.5 Å². The molecule has 0 aromatic heterocycles. The average Bonchev–Trinajstić information content (AvgIpc) is 2.24. The van der Waals surface area contributed by atoms with Gasteiger partial charge in [0.25, 0.3) is 0 Å². The zero-order valence-electron chi connectivity index (χ0n) is 9.01. The molecule has 0 bridgehead atoms. The fraction of sp³-hybridized carbons (Fsp3) is 0.300. The highest BCUT2D eigenvalue weighted by molar-refractivity contribution is 9.09. The molecule has 0 unspecified atom stereocenters. The lowest BCUT2D eigenvalue weighted by Crippen LogP contribution is -2.17. The molecular formula is C10H6BrF5O3. The van der Waals surface area contributed by atoms with E-state index in [2.05, 4.69) is 25.4 Å². The Morgan fingerprint density at radius 3 is 2.26 bits per heavy atom. The number of benzene rings is 1. The standard InChI is InChI=1S/C10H6BrF5O3/c11-4-8(17)5-1-6(18-9(12)13)3-7(2-5)19-10(14,15)16/h1-3,9H,4H2. The first-order chi connectivity index (χ1) is 8.71. The summed E-state index contributed by atoms with van der Waals surface area (Å²) in [5.74, 6) is -2.01. The number of carbonyl (C=O) groups excluding carboxylic acids is 1. The SMILES string of the molecule is O=C(CBr)c1cc(OC(F)F)cc(OC(F)(F)F)c1. The highest BCUT2D eigenvalue weighted by atomic mass is 79.9. The van der Waals surface area contributed by atoms with Crippen LogP contribution in [0.15, 0.2) is 18.2 Å². The van der Waals surface area contributed by atoms with Gasteiger partial charge in [-0.3, -0.25) is 4.79 Å². The molecule has 0 aliphatic heterocycles. The van der Waals surface area contributed by atoms with Crippen LogP contribution in [0.5, 0.6) is 11.5 Å². The Hall–Kier alpha value is -1.38. The summed E-state index contributed by atoms with van der Waals surface area (Å²) in [5.41, 5.74) is -0.241. The number of alkyl halides is 6. The van der Waals surface area contributed by atoms with E-state index in [1.165, 1.54) is 0 Å². The van der Waals surface area contributed by atoms with Crippen molar-refractivity contribution in [1.82, 2.24) is 0 Å². The van der Waals surface area contributed by atoms with E-state index in [1.807, 2.05) is 0 Å². The molecule has 0 fully saturated rings. The molecule has 0 saturated carbocycles. The summed E-state index contributed by atoms with van der Waals surface area (Å²) in [6.45, 7) is -3.23. The van der Waals surface area contributed by atoms with Gasteiger partial charge in [0.2, 0.25) is 0 Å². The molecule has 0 saturated heterocycles. The van der Waals surface area contributed by atoms with Gasteiger partial charge in [0.1, 0.15) is 11.5 Å². The quantitative estimate of drug-likeness (QED) is 0.461. The molecule has 0 N–H and O–H groups in total. The highest BCUT2D eigenvalue weighted by Gasteiger charge is 2.31. The van der Waals surface area contributed by atoms with E-state index >= 15 is 0 Å². The molecule has 0 aliphatic rings. The Bertz CT molecular complexity index is 461. The molecule has 19 heavy (non-hydrogen) atoms. The van der Waals surface area contributed by atoms with Crippen LogP contribution in [0.2, 0.25) is 0 Å². The van der Waals surface area contributed by atoms with E-state index in [9.17, 15) is 26.7 Å². The summed E-state index contributed by atoms with van der Waals surface area (Å²) in [7, 11) is 0. The zero-order chi connectivity index (χ0) is 14.6. The maximum Gasteiger partial charge on any atom is 0.573 e. The number of Topliss-reactive ketones (excluding diaryl/α,β-unsaturated/α-hetero) is 1. The van der Waals surface area contributed by atoms with E-state index in [0.29, 0.717) is 6.07 Å². The zero-order valence-corrected chi connectivity index (χ0v) is 10.6. The number of halogens is 6. The number of hydrogen-bond acceptors (Lipinski definition) is 3. The normalized spacial score (nSPS) is 11.5. The van der Waals surface area contributed by atoms with Gasteiger partial charge in [0.15, 0.2) is 5.78 Å². The van der Waals surface area contributed by atoms with Gasteiger partial charge < -0.3 is 9.47 Å². The van der Waals surface area contributed by atoms with Gasteiger partial charge in [-0.2, -0.15) is 8.78 Å². The fourth-order valence-electron chi connectivity index (χ4n) is 1.17. The Kier molecular flexibility index (Phi) is 5.10. The van der Waals surface area contributed by atoms with Crippen molar-refractivity contribution < 1.29 is 36.2 Å². The molecule has 1 aromatic carbocycles. The second kappa shape index (κ2) is 6.18. The summed E-state index contributed by atoms with van der Waals surface area (Å²) in [5, 5.41) is -0.184. The predicted molar refractivity (Wildman–Crippen MR) is 57.9 cm³/mol. The third-order valence-electron chi connectivity index (χ3n) is 1.78. The van der Waals surface area contributed by atoms with Crippen molar-refractivity contribution in [3.8, 4) is 11.5 Å². The Labute approximate surface area is 112 Å². The summed E-state index contributed by atoms with van der Waals surface area (Å²) >= 11 is 2.81. The Morgan fingerprint density at radius 2 is 1.79 bits per heavy atom. The maximum atomic E-state index is 12.0. The van der Waals surface area contributed by atoms with Gasteiger partial charge >= 0.3 is 13.0 Å². The molecule has 3 nitrogen and oxygen atoms in total. The third kappa shape index (κ3) is 5.41. The molecule has 0 aliphatic carbocycles. The van der Waals surface area contributed by atoms with Crippen LogP contribution in [0.4, 0.5) is 22.0 Å². The molecule has 1 aromatic rings. The van der Waals surface area contributed by atoms with E-state index < -0.39 is 30.3 Å². The number of carbonyl (C=O) groups is 1. The lowest BCUT2D eigenvalue weighted by molar-refractivity contribution is -0.274. The Morgan fingerprint density at radius 1 is 1.21 bits per heavy atom. The maximum absolute atomic E-state index is 12.0. The van der Waals surface area contributed by atoms with Gasteiger partial charge in [-0.15, -0.1) is 13.2 Å². The first kappa shape index (κ1) is 15.7. The number of ketones is 1. The van der Waals surface area contributed by atoms with Gasteiger partial charge in [-0.1, -0.05) is 15.9 Å². The predicted octanol–water partition coefficient (Wildman–Crippen LogP) is 3.76. The van der Waals surface area contributed by atoms with Crippen molar-refractivity contribution in [1.29, 1.82) is 0 Å². The Balaban J connectivity index is 3.12. The minimum Gasteiger partial charge on any atom is -0.435 e. The molecule has 0 radical (unpaired) electrons. The molecule has 106 valence electrons. The van der Waals surface area contributed by atoms with Gasteiger partial charge in [0.05, 0.1) is 5.33 Å². The smallest absolute Gasteiger partial charge is 0.435 e. The van der Waals surface area contributed by atoms with Gasteiger partial charge in [-0.25, -0.2) is 0 Å². The van der Waals surface area contributed by atoms with Crippen LogP contribution < -0.4 is 9.47 Å². The molecular weight excluding hydrogens is 343 g/mol. The van der Waals surface area contributed by atoms with Crippen LogP contribution >= 0.6 is 15.9 Å². The minimum atomic E-state index is -5.00. The number of hydrogen-bond donors (Lipinski definition) is 0. The highest BCUT2D eigenvalue weighted by Crippen LogP contribution is 2.29. The molecule has 1 rings (SSSR count). The molecule has 0 spiro atoms. The van der Waals surface area contributed by atoms with E-state index in [0.717, 1.165) is 12.1 Å². The molecule has 0 amide bonds. The summed E-state index contributed by atoms with van der Waals surface area (Å²) in [6, 6.07) is 2.30. The largest absolute Gasteiger partial charge is 0.573 e. The first-order valence-corrected chi connectivity index (χ1v) is 5.78. The second-order valence-corrected chi connectivity index (χ2v) is 3.74. The number of rotatable bonds is 5. The van der Waals surface area contributed by atoms with Crippen LogP contribution in [0.1, 0.15) is 10.4 Å². The van der Waals surface area contributed by atoms with Crippen molar-refractivity contribution in [2.24, 2.45) is 0 Å². The minimum absolute atomic E-state index is 0.184. The molecule has 0 atom stereocenters. The van der Waals surface area contributed by atoms with Crippen LogP contribution in [0, 0.1) is 0 Å². The number of ether oxygens (including phenoxy) is 2. The lowest BCUT2D eigenvalue weighted by atomic mass is 10.1. The van der Waals surface area contributed by atoms with Crippen LogP contribution in [0.3, 0.4) is 0 Å². The second-order valence-electron chi connectivity index (χ2n) is 3.18. The van der Waals surface area contributed by atoms with E-state index in [1.54, 1.807) is 0 Å². The lowest BCUT2D eigenvalue weighted by Gasteiger charge is -2.12. The fourth-order valence-corrected chi connectivity index (χ4v) is 1.50. The van der Waals surface area contributed by atoms with Crippen molar-refractivity contribution in [3.63, 3.8) is 0 Å². The summed E-state index contributed by atoms with van der Waals surface area (Å²) in [6.07, 6.45) is -5.00. The summed E-state index contributed by atoms with van der Waals surface area (Å²) < 4.78 is 67.7. The monoisotopic (exact) mass is 348 g/mol. The van der Waals surface area contributed by atoms with Crippen molar-refractivity contribution in [2.75, 3.05) is 5.33 Å². The van der Waals surface area contributed by atoms with Crippen molar-refractivity contribution in [3.05, 3.63) is 23.8 Å². The summed E-state index contributed by atoms with van der Waals surface area (Å²) in [4.78, 5) is 11.3. The van der Waals surface area contributed by atoms with Crippen LogP contribution in [0.25, 0.3) is 0 Å². The van der Waals surface area contributed by atoms with E-state index in [4.69, 9.17) is 0 Å². The van der Waals surface area contributed by atoms with Crippen molar-refractivity contribution >= 4 is 21.7 Å². The first-order valence-electron chi connectivity index (χ1n) is 4.66. The van der Waals surface area contributed by atoms with Crippen LogP contribution in [-0.2, 0) is 0 Å². The third-order valence-corrected chi connectivity index (χ3v) is 2.29. The van der Waals surface area contributed by atoms with E-state index in [-0.39, 0.29) is 10.9 Å². The van der Waals surface area contributed by atoms with Crippen molar-refractivity contribution in [2.45, 2.75) is 13.0 Å². The molecule has 9 heteroatoms. The van der Waals surface area contributed by atoms with Crippen LogP contribution in [-0.4, -0.2) is 24.1 Å². The molecule has 0 heterocycles.